The van der Waals surface area contributed by atoms with Gasteiger partial charge in [-0.1, -0.05) is 30.3 Å². The average Bonchev–Trinajstić information content (AvgIpc) is 2.81. The van der Waals surface area contributed by atoms with E-state index >= 15 is 0 Å². The molecule has 0 aliphatic carbocycles. The van der Waals surface area contributed by atoms with Gasteiger partial charge in [-0.05, 0) is 40.5 Å². The van der Waals surface area contributed by atoms with Crippen molar-refractivity contribution in [3.05, 3.63) is 69.9 Å². The molecule has 1 atom stereocenters. The van der Waals surface area contributed by atoms with Crippen LogP contribution in [0.4, 0.5) is 4.39 Å². The summed E-state index contributed by atoms with van der Waals surface area (Å²) in [7, 11) is 0. The van der Waals surface area contributed by atoms with E-state index in [4.69, 9.17) is 0 Å². The number of halogens is 2. The topological polar surface area (TPSA) is 20.3 Å². The summed E-state index contributed by atoms with van der Waals surface area (Å²) in [6.07, 6.45) is 0.766. The fraction of sp³-hybridized carbons (Fsp3) is 0.278. The Morgan fingerprint density at radius 1 is 1.13 bits per heavy atom. The molecule has 0 saturated carbocycles. The van der Waals surface area contributed by atoms with Crippen molar-refractivity contribution < 1.29 is 9.18 Å². The zero-order chi connectivity index (χ0) is 16.2. The molecule has 0 radical (unpaired) electrons. The molecule has 1 aliphatic rings. The summed E-state index contributed by atoms with van der Waals surface area (Å²) in [5.74, 6) is 0.692. The lowest BCUT2D eigenvalue weighted by atomic mass is 10.1. The third-order valence-corrected chi connectivity index (χ3v) is 5.99. The zero-order valence-corrected chi connectivity index (χ0v) is 14.9. The van der Waals surface area contributed by atoms with E-state index in [1.165, 1.54) is 6.07 Å². The molecule has 5 heteroatoms. The average molecular weight is 394 g/mol. The van der Waals surface area contributed by atoms with Crippen LogP contribution in [-0.4, -0.2) is 29.6 Å². The van der Waals surface area contributed by atoms with Crippen molar-refractivity contribution in [3.63, 3.8) is 0 Å². The summed E-state index contributed by atoms with van der Waals surface area (Å²) in [5, 5.41) is 0.105. The molecule has 2 nitrogen and oxygen atoms in total. The Morgan fingerprint density at radius 2 is 1.87 bits per heavy atom. The highest BCUT2D eigenvalue weighted by Gasteiger charge is 2.25. The summed E-state index contributed by atoms with van der Waals surface area (Å²) in [5.41, 5.74) is 1.43. The van der Waals surface area contributed by atoms with Gasteiger partial charge >= 0.3 is 0 Å². The van der Waals surface area contributed by atoms with Gasteiger partial charge in [0.25, 0.3) is 5.91 Å². The highest BCUT2D eigenvalue weighted by atomic mass is 79.9. The van der Waals surface area contributed by atoms with Crippen LogP contribution in [0.25, 0.3) is 0 Å². The molecule has 0 N–H and O–H groups in total. The molecule has 2 aromatic carbocycles. The molecule has 0 bridgehead atoms. The van der Waals surface area contributed by atoms with Gasteiger partial charge in [0.05, 0.1) is 5.56 Å². The van der Waals surface area contributed by atoms with Crippen molar-refractivity contribution in [2.75, 3.05) is 18.8 Å². The second kappa shape index (κ2) is 7.49. The molecule has 2 aromatic rings. The summed E-state index contributed by atoms with van der Waals surface area (Å²) in [6.45, 7) is 1.34. The molecule has 1 amide bonds. The number of hydrogen-bond donors (Lipinski definition) is 0. The van der Waals surface area contributed by atoms with Crippen LogP contribution in [0.5, 0.6) is 0 Å². The highest BCUT2D eigenvalue weighted by molar-refractivity contribution is 9.10. The molecule has 1 heterocycles. The minimum Gasteiger partial charge on any atom is -0.338 e. The van der Waals surface area contributed by atoms with Crippen LogP contribution >= 0.6 is 27.7 Å². The van der Waals surface area contributed by atoms with E-state index in [2.05, 4.69) is 15.9 Å². The van der Waals surface area contributed by atoms with Crippen molar-refractivity contribution in [1.82, 2.24) is 4.90 Å². The van der Waals surface area contributed by atoms with Gasteiger partial charge in [0.1, 0.15) is 5.82 Å². The Hall–Kier alpha value is -1.33. The van der Waals surface area contributed by atoms with E-state index in [1.807, 2.05) is 41.3 Å². The van der Waals surface area contributed by atoms with Crippen LogP contribution in [0.2, 0.25) is 0 Å². The van der Waals surface area contributed by atoms with Crippen LogP contribution in [0, 0.1) is 5.82 Å². The zero-order valence-electron chi connectivity index (χ0n) is 12.5. The first-order valence-electron chi connectivity index (χ1n) is 7.56. The number of hydrogen-bond acceptors (Lipinski definition) is 2. The Morgan fingerprint density at radius 3 is 2.65 bits per heavy atom. The normalized spacial score (nSPS) is 18.5. The van der Waals surface area contributed by atoms with Gasteiger partial charge < -0.3 is 4.90 Å². The van der Waals surface area contributed by atoms with Crippen LogP contribution in [0.15, 0.2) is 53.0 Å². The largest absolute Gasteiger partial charge is 0.338 e. The maximum absolute atomic E-state index is 14.0. The molecule has 1 saturated heterocycles. The van der Waals surface area contributed by atoms with E-state index in [9.17, 15) is 9.18 Å². The first-order chi connectivity index (χ1) is 11.2. The van der Waals surface area contributed by atoms with Gasteiger partial charge in [-0.2, -0.15) is 11.8 Å². The summed E-state index contributed by atoms with van der Waals surface area (Å²) in [6, 6.07) is 14.4. The van der Waals surface area contributed by atoms with E-state index in [1.54, 1.807) is 17.8 Å². The number of carbonyl (C=O) groups is 1. The lowest BCUT2D eigenvalue weighted by Gasteiger charge is -2.21. The SMILES string of the molecule is O=C(c1ccccc1Br)N1CCS[C@H](c2ccccc2F)CC1. The third kappa shape index (κ3) is 3.78. The van der Waals surface area contributed by atoms with Gasteiger partial charge in [0.2, 0.25) is 0 Å². The molecular weight excluding hydrogens is 377 g/mol. The molecule has 1 fully saturated rings. The monoisotopic (exact) mass is 393 g/mol. The summed E-state index contributed by atoms with van der Waals surface area (Å²) < 4.78 is 14.8. The van der Waals surface area contributed by atoms with Gasteiger partial charge in [-0.3, -0.25) is 4.79 Å². The van der Waals surface area contributed by atoms with Gasteiger partial charge in [0, 0.05) is 34.1 Å². The lowest BCUT2D eigenvalue weighted by molar-refractivity contribution is 0.0765. The third-order valence-electron chi connectivity index (χ3n) is 3.99. The lowest BCUT2D eigenvalue weighted by Crippen LogP contribution is -2.33. The number of carbonyl (C=O) groups excluding carboxylic acids is 1. The Labute approximate surface area is 148 Å². The van der Waals surface area contributed by atoms with E-state index in [0.29, 0.717) is 18.7 Å². The van der Waals surface area contributed by atoms with Crippen LogP contribution in [-0.2, 0) is 0 Å². The smallest absolute Gasteiger partial charge is 0.255 e. The minimum atomic E-state index is -0.157. The van der Waals surface area contributed by atoms with Crippen molar-refractivity contribution in [2.24, 2.45) is 0 Å². The van der Waals surface area contributed by atoms with Crippen LogP contribution in [0.3, 0.4) is 0 Å². The summed E-state index contributed by atoms with van der Waals surface area (Å²) >= 11 is 5.17. The van der Waals surface area contributed by atoms with Crippen molar-refractivity contribution >= 4 is 33.6 Å². The molecule has 1 aliphatic heterocycles. The highest BCUT2D eigenvalue weighted by Crippen LogP contribution is 2.36. The first-order valence-corrected chi connectivity index (χ1v) is 9.41. The minimum absolute atomic E-state index is 0.0345. The molecule has 0 aromatic heterocycles. The van der Waals surface area contributed by atoms with Crippen molar-refractivity contribution in [2.45, 2.75) is 11.7 Å². The van der Waals surface area contributed by atoms with Crippen molar-refractivity contribution in [3.8, 4) is 0 Å². The quantitative estimate of drug-likeness (QED) is 0.722. The number of thioether (sulfide) groups is 1. The van der Waals surface area contributed by atoms with Gasteiger partial charge in [-0.25, -0.2) is 4.39 Å². The molecule has 3 rings (SSSR count). The molecule has 23 heavy (non-hydrogen) atoms. The summed E-state index contributed by atoms with van der Waals surface area (Å²) in [4.78, 5) is 14.6. The van der Waals surface area contributed by atoms with Crippen molar-refractivity contribution in [1.29, 1.82) is 0 Å². The maximum Gasteiger partial charge on any atom is 0.255 e. The fourth-order valence-corrected chi connectivity index (χ4v) is 4.47. The van der Waals surface area contributed by atoms with E-state index < -0.39 is 0 Å². The molecule has 0 unspecified atom stereocenters. The van der Waals surface area contributed by atoms with Gasteiger partial charge in [-0.15, -0.1) is 0 Å². The first kappa shape index (κ1) is 16.5. The Bertz CT molecular complexity index is 709. The molecule has 0 spiro atoms. The van der Waals surface area contributed by atoms with E-state index in [-0.39, 0.29) is 17.0 Å². The standard InChI is InChI=1S/C18H17BrFNOS/c19-15-7-3-1-5-13(15)18(22)21-10-9-17(23-12-11-21)14-6-2-4-8-16(14)20/h1-8,17H,9-12H2/t17-/m0/s1. The second-order valence-corrected chi connectivity index (χ2v) is 7.61. The van der Waals surface area contributed by atoms with Crippen LogP contribution < -0.4 is 0 Å². The fourth-order valence-electron chi connectivity index (χ4n) is 2.76. The molecular formula is C18H17BrFNOS. The Kier molecular flexibility index (Phi) is 5.38. The second-order valence-electron chi connectivity index (χ2n) is 5.44. The number of rotatable bonds is 2. The van der Waals surface area contributed by atoms with Crippen LogP contribution in [0.1, 0.15) is 27.6 Å². The molecule has 120 valence electrons. The number of nitrogens with zero attached hydrogens (tertiary/aromatic N) is 1. The Balaban J connectivity index is 1.73. The number of amides is 1. The van der Waals surface area contributed by atoms with E-state index in [0.717, 1.165) is 22.2 Å². The predicted molar refractivity (Wildman–Crippen MR) is 96.3 cm³/mol. The van der Waals surface area contributed by atoms with Gasteiger partial charge in [0.15, 0.2) is 0 Å². The predicted octanol–water partition coefficient (Wildman–Crippen LogP) is 4.91. The number of benzene rings is 2. The maximum atomic E-state index is 14.0.